The molecule has 1 N–H and O–H groups in total. The minimum Gasteiger partial charge on any atom is -0.395 e. The lowest BCUT2D eigenvalue weighted by Gasteiger charge is -2.39. The third-order valence-corrected chi connectivity index (χ3v) is 5.89. The topological polar surface area (TPSA) is 78.1 Å². The van der Waals surface area contributed by atoms with E-state index in [-0.39, 0.29) is 23.5 Å². The first-order valence-electron chi connectivity index (χ1n) is 9.62. The summed E-state index contributed by atoms with van der Waals surface area (Å²) in [6, 6.07) is 5.40. The van der Waals surface area contributed by atoms with Crippen molar-refractivity contribution in [3.8, 4) is 0 Å². The van der Waals surface area contributed by atoms with Gasteiger partial charge >= 0.3 is 0 Å². The van der Waals surface area contributed by atoms with Gasteiger partial charge in [-0.2, -0.15) is 0 Å². The van der Waals surface area contributed by atoms with Crippen molar-refractivity contribution in [2.75, 3.05) is 32.8 Å². The van der Waals surface area contributed by atoms with Gasteiger partial charge < -0.3 is 10.0 Å². The molecular weight excluding hydrogens is 344 g/mol. The molecule has 0 aromatic carbocycles. The summed E-state index contributed by atoms with van der Waals surface area (Å²) < 4.78 is 1.55. The van der Waals surface area contributed by atoms with Crippen LogP contribution in [-0.2, 0) is 11.3 Å². The van der Waals surface area contributed by atoms with Gasteiger partial charge in [-0.1, -0.05) is 0 Å². The molecule has 7 nitrogen and oxygen atoms in total. The van der Waals surface area contributed by atoms with E-state index in [0.717, 1.165) is 43.6 Å². The highest BCUT2D eigenvalue weighted by atomic mass is 16.3. The number of fused-ring (bicyclic) bond motifs is 1. The normalized spacial score (nSPS) is 23.6. The van der Waals surface area contributed by atoms with E-state index < -0.39 is 0 Å². The zero-order valence-corrected chi connectivity index (χ0v) is 15.7. The fourth-order valence-corrected chi connectivity index (χ4v) is 4.52. The molecule has 144 valence electrons. The highest BCUT2D eigenvalue weighted by Gasteiger charge is 2.48. The highest BCUT2D eigenvalue weighted by molar-refractivity contribution is 5.84. The number of β-amino-alcohol motifs (C(OH)–C–C–N with tert-alkyl or cyclic N) is 1. The average molecular weight is 370 g/mol. The fourth-order valence-electron chi connectivity index (χ4n) is 4.52. The van der Waals surface area contributed by atoms with Crippen LogP contribution in [0.15, 0.2) is 29.2 Å². The molecule has 0 bridgehead atoms. The summed E-state index contributed by atoms with van der Waals surface area (Å²) in [5.41, 5.74) is 2.06. The van der Waals surface area contributed by atoms with E-state index >= 15 is 0 Å². The third-order valence-electron chi connectivity index (χ3n) is 5.89. The number of aryl methyl sites for hydroxylation is 1. The van der Waals surface area contributed by atoms with Crippen molar-refractivity contribution in [1.82, 2.24) is 19.2 Å². The molecule has 1 amide bonds. The van der Waals surface area contributed by atoms with Crippen LogP contribution in [0.25, 0.3) is 5.65 Å². The standard InChI is InChI=1S/C20H26N4O3/c1-15-3-7-24-17(11-15)21-16(12-18(24)26)13-22-8-5-20(14-22)4-2-6-23(9-10-25)19(20)27/h3,7,11-12,25H,2,4-6,8-10,13-14H2,1H3. The number of hydrogen-bond donors (Lipinski definition) is 1. The van der Waals surface area contributed by atoms with E-state index in [2.05, 4.69) is 9.88 Å². The number of pyridine rings is 1. The van der Waals surface area contributed by atoms with Crippen molar-refractivity contribution in [3.63, 3.8) is 0 Å². The van der Waals surface area contributed by atoms with Gasteiger partial charge in [0.05, 0.1) is 17.7 Å². The molecule has 2 saturated heterocycles. The number of amides is 1. The summed E-state index contributed by atoms with van der Waals surface area (Å²) in [7, 11) is 0. The number of nitrogens with zero attached hydrogens (tertiary/aromatic N) is 4. The predicted molar refractivity (Wildman–Crippen MR) is 101 cm³/mol. The average Bonchev–Trinajstić information content (AvgIpc) is 3.02. The van der Waals surface area contributed by atoms with Gasteiger partial charge in [0, 0.05) is 38.4 Å². The number of rotatable bonds is 4. The lowest BCUT2D eigenvalue weighted by atomic mass is 9.78. The van der Waals surface area contributed by atoms with E-state index in [4.69, 9.17) is 0 Å². The zero-order chi connectivity index (χ0) is 19.0. The Bertz CT molecular complexity index is 923. The molecule has 2 aromatic heterocycles. The second-order valence-electron chi connectivity index (χ2n) is 7.88. The Kier molecular flexibility index (Phi) is 4.74. The zero-order valence-electron chi connectivity index (χ0n) is 15.7. The van der Waals surface area contributed by atoms with Crippen molar-refractivity contribution < 1.29 is 9.90 Å². The molecule has 0 radical (unpaired) electrons. The number of aliphatic hydroxyl groups excluding tert-OH is 1. The lowest BCUT2D eigenvalue weighted by Crippen LogP contribution is -2.50. The maximum atomic E-state index is 12.9. The number of hydrogen-bond acceptors (Lipinski definition) is 5. The SMILES string of the molecule is Cc1ccn2c(=O)cc(CN3CCC4(CCCN(CCO)C4=O)C3)nc2c1. The number of aliphatic hydroxyl groups is 1. The van der Waals surface area contributed by atoms with Gasteiger partial charge in [-0.25, -0.2) is 4.98 Å². The van der Waals surface area contributed by atoms with Gasteiger partial charge in [0.1, 0.15) is 5.65 Å². The molecule has 1 atom stereocenters. The van der Waals surface area contributed by atoms with Crippen molar-refractivity contribution in [1.29, 1.82) is 0 Å². The van der Waals surface area contributed by atoms with Gasteiger partial charge in [0.15, 0.2) is 0 Å². The molecule has 27 heavy (non-hydrogen) atoms. The predicted octanol–water partition coefficient (Wildman–Crippen LogP) is 0.810. The van der Waals surface area contributed by atoms with Gasteiger partial charge in [0.2, 0.25) is 5.91 Å². The van der Waals surface area contributed by atoms with Crippen LogP contribution in [0, 0.1) is 12.3 Å². The Hall–Kier alpha value is -2.25. The number of aromatic nitrogens is 2. The van der Waals surface area contributed by atoms with E-state index in [1.807, 2.05) is 19.1 Å². The van der Waals surface area contributed by atoms with Crippen LogP contribution in [0.2, 0.25) is 0 Å². The Morgan fingerprint density at radius 1 is 1.22 bits per heavy atom. The van der Waals surface area contributed by atoms with Crippen LogP contribution in [-0.4, -0.2) is 63.0 Å². The van der Waals surface area contributed by atoms with Crippen LogP contribution >= 0.6 is 0 Å². The molecule has 1 spiro atoms. The molecule has 4 rings (SSSR count). The Balaban J connectivity index is 1.52. The van der Waals surface area contributed by atoms with Gasteiger partial charge in [0.25, 0.3) is 5.56 Å². The molecule has 2 aliphatic rings. The number of carbonyl (C=O) groups excluding carboxylic acids is 1. The molecule has 2 fully saturated rings. The first-order valence-corrected chi connectivity index (χ1v) is 9.62. The summed E-state index contributed by atoms with van der Waals surface area (Å²) in [6.45, 7) is 5.25. The third kappa shape index (κ3) is 3.37. The van der Waals surface area contributed by atoms with E-state index in [1.165, 1.54) is 0 Å². The molecule has 2 aliphatic heterocycles. The van der Waals surface area contributed by atoms with Crippen molar-refractivity contribution in [2.45, 2.75) is 32.7 Å². The number of piperidine rings is 1. The van der Waals surface area contributed by atoms with Crippen LogP contribution in [0.3, 0.4) is 0 Å². The summed E-state index contributed by atoms with van der Waals surface area (Å²) >= 11 is 0. The monoisotopic (exact) mass is 370 g/mol. The second kappa shape index (κ2) is 7.05. The van der Waals surface area contributed by atoms with Crippen LogP contribution in [0.1, 0.15) is 30.5 Å². The molecule has 0 saturated carbocycles. The molecule has 2 aromatic rings. The maximum Gasteiger partial charge on any atom is 0.258 e. The van der Waals surface area contributed by atoms with Crippen molar-refractivity contribution >= 4 is 11.6 Å². The molecular formula is C20H26N4O3. The minimum atomic E-state index is -0.337. The lowest BCUT2D eigenvalue weighted by molar-refractivity contribution is -0.146. The highest BCUT2D eigenvalue weighted by Crippen LogP contribution is 2.40. The first kappa shape index (κ1) is 18.1. The minimum absolute atomic E-state index is 0.00983. The summed E-state index contributed by atoms with van der Waals surface area (Å²) in [5, 5.41) is 9.20. The maximum absolute atomic E-state index is 12.9. The van der Waals surface area contributed by atoms with Crippen LogP contribution in [0.4, 0.5) is 0 Å². The molecule has 4 heterocycles. The molecule has 1 unspecified atom stereocenters. The summed E-state index contributed by atoms with van der Waals surface area (Å²) in [4.78, 5) is 34.0. The Labute approximate surface area is 158 Å². The quantitative estimate of drug-likeness (QED) is 0.862. The van der Waals surface area contributed by atoms with E-state index in [0.29, 0.717) is 25.3 Å². The Morgan fingerprint density at radius 3 is 2.89 bits per heavy atom. The van der Waals surface area contributed by atoms with Gasteiger partial charge in [-0.05, 0) is 50.4 Å². The van der Waals surface area contributed by atoms with E-state index in [9.17, 15) is 14.7 Å². The summed E-state index contributed by atoms with van der Waals surface area (Å²) in [6.07, 6.45) is 4.47. The van der Waals surface area contributed by atoms with Crippen LogP contribution < -0.4 is 5.56 Å². The largest absolute Gasteiger partial charge is 0.395 e. The fraction of sp³-hybridized carbons (Fsp3) is 0.550. The van der Waals surface area contributed by atoms with Crippen molar-refractivity contribution in [3.05, 3.63) is 46.0 Å². The van der Waals surface area contributed by atoms with Crippen LogP contribution in [0.5, 0.6) is 0 Å². The van der Waals surface area contributed by atoms with E-state index in [1.54, 1.807) is 21.6 Å². The van der Waals surface area contributed by atoms with Gasteiger partial charge in [-0.15, -0.1) is 0 Å². The van der Waals surface area contributed by atoms with Crippen molar-refractivity contribution in [2.24, 2.45) is 5.41 Å². The number of carbonyl (C=O) groups is 1. The second-order valence-corrected chi connectivity index (χ2v) is 7.88. The first-order chi connectivity index (χ1) is 13.0. The number of likely N-dealkylation sites (tertiary alicyclic amines) is 2. The smallest absolute Gasteiger partial charge is 0.258 e. The molecule has 7 heteroatoms. The molecule has 0 aliphatic carbocycles. The summed E-state index contributed by atoms with van der Waals surface area (Å²) in [5.74, 6) is 0.174. The Morgan fingerprint density at radius 2 is 2.07 bits per heavy atom. The van der Waals surface area contributed by atoms with Gasteiger partial charge in [-0.3, -0.25) is 18.9 Å².